The Balaban J connectivity index is 1.72. The fourth-order valence-electron chi connectivity index (χ4n) is 3.09. The number of aryl methyl sites for hydroxylation is 2. The maximum atomic E-state index is 12.7. The number of nitrogens with zero attached hydrogens (tertiary/aromatic N) is 1. The monoisotopic (exact) mass is 478 g/mol. The van der Waals surface area contributed by atoms with Crippen LogP contribution in [0.25, 0.3) is 10.6 Å². The molecule has 9 heteroatoms. The molecule has 6 nitrogen and oxygen atoms in total. The molecule has 0 fully saturated rings. The van der Waals surface area contributed by atoms with E-state index in [4.69, 9.17) is 16.3 Å². The number of hydrogen-bond donors (Lipinski definition) is 1. The second-order valence-corrected chi connectivity index (χ2v) is 10.2. The molecule has 164 valence electrons. The zero-order valence-corrected chi connectivity index (χ0v) is 19.8. The quantitative estimate of drug-likeness (QED) is 0.476. The fourth-order valence-corrected chi connectivity index (χ4v) is 5.24. The van der Waals surface area contributed by atoms with Crippen LogP contribution >= 0.6 is 22.9 Å². The van der Waals surface area contributed by atoms with Gasteiger partial charge in [0.15, 0.2) is 0 Å². The molecule has 0 spiro atoms. The van der Waals surface area contributed by atoms with Gasteiger partial charge in [0.25, 0.3) is 0 Å². The maximum Gasteiger partial charge on any atom is 0.338 e. The van der Waals surface area contributed by atoms with Gasteiger partial charge in [-0.2, -0.15) is 0 Å². The van der Waals surface area contributed by atoms with Crippen LogP contribution in [0.3, 0.4) is 0 Å². The predicted octanol–water partition coefficient (Wildman–Crippen LogP) is 4.64. The Morgan fingerprint density at radius 2 is 1.90 bits per heavy atom. The average Bonchev–Trinajstić information content (AvgIpc) is 3.13. The first kappa shape index (κ1) is 23.4. The van der Waals surface area contributed by atoms with Gasteiger partial charge in [-0.05, 0) is 43.2 Å². The number of esters is 1. The standard InChI is InChI=1S/C22H23ClN2O4S2/c1-4-15-7-10-18(13-19(15)22(26)29-3)31(27,28)24-12-11-20-14(2)30-21(25-20)16-5-8-17(23)9-6-16/h5-10,13,24H,4,11-12H2,1-3H3. The Bertz CT molecular complexity index is 1190. The van der Waals surface area contributed by atoms with Crippen LogP contribution in [0.4, 0.5) is 0 Å². The number of methoxy groups -OCH3 is 1. The van der Waals surface area contributed by atoms with Gasteiger partial charge >= 0.3 is 5.97 Å². The van der Waals surface area contributed by atoms with Crippen LogP contribution < -0.4 is 4.72 Å². The average molecular weight is 479 g/mol. The summed E-state index contributed by atoms with van der Waals surface area (Å²) in [7, 11) is -2.51. The number of carbonyl (C=O) groups excluding carboxylic acids is 1. The minimum atomic E-state index is -3.78. The van der Waals surface area contributed by atoms with Crippen molar-refractivity contribution in [3.05, 3.63) is 69.2 Å². The lowest BCUT2D eigenvalue weighted by Gasteiger charge is -2.10. The summed E-state index contributed by atoms with van der Waals surface area (Å²) in [5.41, 5.74) is 2.80. The van der Waals surface area contributed by atoms with E-state index in [0.29, 0.717) is 17.9 Å². The molecule has 0 radical (unpaired) electrons. The molecule has 3 rings (SSSR count). The SMILES string of the molecule is CCc1ccc(S(=O)(=O)NCCc2nc(-c3ccc(Cl)cc3)sc2C)cc1C(=O)OC. The summed E-state index contributed by atoms with van der Waals surface area (Å²) >= 11 is 7.50. The number of carbonyl (C=O) groups is 1. The van der Waals surface area contributed by atoms with Crippen molar-refractivity contribution in [2.24, 2.45) is 0 Å². The zero-order valence-electron chi connectivity index (χ0n) is 17.4. The number of ether oxygens (including phenoxy) is 1. The van der Waals surface area contributed by atoms with Crippen LogP contribution in [0.1, 0.15) is 33.4 Å². The highest BCUT2D eigenvalue weighted by Gasteiger charge is 2.19. The van der Waals surface area contributed by atoms with Crippen molar-refractivity contribution in [3.8, 4) is 10.6 Å². The molecule has 0 aliphatic carbocycles. The van der Waals surface area contributed by atoms with E-state index in [1.165, 1.54) is 19.2 Å². The molecule has 0 bridgehead atoms. The molecule has 1 aromatic heterocycles. The van der Waals surface area contributed by atoms with Crippen molar-refractivity contribution in [1.82, 2.24) is 9.71 Å². The predicted molar refractivity (Wildman–Crippen MR) is 123 cm³/mol. The Hall–Kier alpha value is -2.26. The molecule has 1 heterocycles. The number of thiazole rings is 1. The lowest BCUT2D eigenvalue weighted by Crippen LogP contribution is -2.26. The smallest absolute Gasteiger partial charge is 0.338 e. The lowest BCUT2D eigenvalue weighted by molar-refractivity contribution is 0.0599. The highest BCUT2D eigenvalue weighted by molar-refractivity contribution is 7.89. The fraction of sp³-hybridized carbons (Fsp3) is 0.273. The topological polar surface area (TPSA) is 85.4 Å². The van der Waals surface area contributed by atoms with E-state index in [2.05, 4.69) is 9.71 Å². The Morgan fingerprint density at radius 1 is 1.19 bits per heavy atom. The van der Waals surface area contributed by atoms with Crippen molar-refractivity contribution < 1.29 is 17.9 Å². The number of hydrogen-bond acceptors (Lipinski definition) is 6. The summed E-state index contributed by atoms with van der Waals surface area (Å²) in [6.07, 6.45) is 1.04. The van der Waals surface area contributed by atoms with Gasteiger partial charge in [0.1, 0.15) is 5.01 Å². The van der Waals surface area contributed by atoms with Crippen LogP contribution in [0.15, 0.2) is 47.4 Å². The van der Waals surface area contributed by atoms with Gasteiger partial charge in [-0.1, -0.05) is 36.7 Å². The molecule has 31 heavy (non-hydrogen) atoms. The van der Waals surface area contributed by atoms with E-state index >= 15 is 0 Å². The third kappa shape index (κ3) is 5.51. The highest BCUT2D eigenvalue weighted by Crippen LogP contribution is 2.28. The number of sulfonamides is 1. The van der Waals surface area contributed by atoms with E-state index < -0.39 is 16.0 Å². The molecule has 3 aromatic rings. The molecule has 0 aliphatic rings. The molecule has 0 saturated heterocycles. The van der Waals surface area contributed by atoms with Gasteiger partial charge in [-0.3, -0.25) is 0 Å². The van der Waals surface area contributed by atoms with Gasteiger partial charge in [0, 0.05) is 28.4 Å². The van der Waals surface area contributed by atoms with Crippen LogP contribution in [0, 0.1) is 6.92 Å². The Labute approximate surface area is 191 Å². The summed E-state index contributed by atoms with van der Waals surface area (Å²) in [6, 6.07) is 11.9. The number of nitrogens with one attached hydrogen (secondary N) is 1. The van der Waals surface area contributed by atoms with E-state index in [0.717, 1.165) is 26.7 Å². The summed E-state index contributed by atoms with van der Waals surface area (Å²) in [4.78, 5) is 17.7. The van der Waals surface area contributed by atoms with Gasteiger partial charge in [-0.25, -0.2) is 22.9 Å². The Morgan fingerprint density at radius 3 is 2.55 bits per heavy atom. The van der Waals surface area contributed by atoms with Crippen LogP contribution in [0.2, 0.25) is 5.02 Å². The second-order valence-electron chi connectivity index (χ2n) is 6.84. The van der Waals surface area contributed by atoms with Gasteiger partial charge in [0.2, 0.25) is 10.0 Å². The number of rotatable bonds is 8. The normalized spacial score (nSPS) is 11.5. The molecular formula is C22H23ClN2O4S2. The first-order chi connectivity index (χ1) is 14.7. The molecular weight excluding hydrogens is 456 g/mol. The first-order valence-corrected chi connectivity index (χ1v) is 12.4. The van der Waals surface area contributed by atoms with Crippen LogP contribution in [-0.2, 0) is 27.6 Å². The summed E-state index contributed by atoms with van der Waals surface area (Å²) < 4.78 is 32.8. The van der Waals surface area contributed by atoms with Crippen molar-refractivity contribution in [2.75, 3.05) is 13.7 Å². The van der Waals surface area contributed by atoms with Crippen molar-refractivity contribution in [1.29, 1.82) is 0 Å². The van der Waals surface area contributed by atoms with Crippen molar-refractivity contribution in [3.63, 3.8) is 0 Å². The number of halogens is 1. The molecule has 0 atom stereocenters. The molecule has 1 N–H and O–H groups in total. The molecule has 0 unspecified atom stereocenters. The van der Waals surface area contributed by atoms with Crippen molar-refractivity contribution >= 4 is 38.9 Å². The lowest BCUT2D eigenvalue weighted by atomic mass is 10.1. The molecule has 0 amide bonds. The first-order valence-electron chi connectivity index (χ1n) is 9.68. The van der Waals surface area contributed by atoms with Crippen LogP contribution in [-0.4, -0.2) is 33.0 Å². The zero-order chi connectivity index (χ0) is 22.6. The Kier molecular flexibility index (Phi) is 7.48. The van der Waals surface area contributed by atoms with Crippen molar-refractivity contribution in [2.45, 2.75) is 31.6 Å². The number of aromatic nitrogens is 1. The summed E-state index contributed by atoms with van der Waals surface area (Å²) in [5, 5.41) is 1.53. The van der Waals surface area contributed by atoms with Gasteiger partial charge in [-0.15, -0.1) is 11.3 Å². The third-order valence-electron chi connectivity index (χ3n) is 4.82. The molecule has 0 saturated carbocycles. The summed E-state index contributed by atoms with van der Waals surface area (Å²) in [6.45, 7) is 4.05. The maximum absolute atomic E-state index is 12.7. The number of benzene rings is 2. The van der Waals surface area contributed by atoms with E-state index in [1.54, 1.807) is 17.4 Å². The summed E-state index contributed by atoms with van der Waals surface area (Å²) in [5.74, 6) is -0.554. The minimum absolute atomic E-state index is 0.0296. The van der Waals surface area contributed by atoms with E-state index in [1.807, 2.05) is 38.1 Å². The highest BCUT2D eigenvalue weighted by atomic mass is 35.5. The van der Waals surface area contributed by atoms with Gasteiger partial charge < -0.3 is 4.74 Å². The minimum Gasteiger partial charge on any atom is -0.465 e. The van der Waals surface area contributed by atoms with Crippen LogP contribution in [0.5, 0.6) is 0 Å². The van der Waals surface area contributed by atoms with E-state index in [-0.39, 0.29) is 17.0 Å². The van der Waals surface area contributed by atoms with E-state index in [9.17, 15) is 13.2 Å². The second kappa shape index (κ2) is 9.91. The molecule has 0 aliphatic heterocycles. The third-order valence-corrected chi connectivity index (χ3v) is 7.59. The van der Waals surface area contributed by atoms with Gasteiger partial charge in [0.05, 0.1) is 23.3 Å². The molecule has 2 aromatic carbocycles. The largest absolute Gasteiger partial charge is 0.465 e.